The Bertz CT molecular complexity index is 897. The molecule has 23 nitrogen and oxygen atoms in total. The molecule has 238 valence electrons. The standard InChI is InChI=1S/C4H6O4.2C4H4O4.C3H4O4.C2H2O4.C2H4O3/c3*5-3(6)1-2-4(7)8;4-2(5)1-3(6)7;3-1(4)2(5)6;3-1-2(4)5/h1-2H2,(H,5,6)(H,7,8);2*1-2H,(H,5,6)(H,7,8);1H2,(H,4,5)(H,6,7);(H,3,4)(H,5,6);3H,1H2,(H,4,5)/b;2-1+;2-1-;;;. The number of aliphatic hydroxyl groups excluding tert-OH is 1. The molecule has 12 N–H and O–H groups in total. The van der Waals surface area contributed by atoms with Crippen molar-refractivity contribution >= 4 is 65.7 Å². The summed E-state index contributed by atoms with van der Waals surface area (Å²) in [5, 5.41) is 92.3. The van der Waals surface area contributed by atoms with Crippen molar-refractivity contribution in [2.45, 2.75) is 19.3 Å². The number of carbonyl (C=O) groups is 11. The van der Waals surface area contributed by atoms with E-state index in [4.69, 9.17) is 75.7 Å². The predicted octanol–water partition coefficient (Wildman–Crippen LogP) is -2.88. The van der Waals surface area contributed by atoms with Gasteiger partial charge in [-0.2, -0.15) is 0 Å². The zero-order valence-corrected chi connectivity index (χ0v) is 20.5. The largest absolute Gasteiger partial charge is 0.481 e. The molecule has 0 aliphatic rings. The molecule has 0 aliphatic heterocycles. The molecule has 0 spiro atoms. The van der Waals surface area contributed by atoms with Crippen LogP contribution in [0.15, 0.2) is 24.3 Å². The summed E-state index contributed by atoms with van der Waals surface area (Å²) in [4.78, 5) is 104. The first-order valence-electron chi connectivity index (χ1n) is 9.36. The summed E-state index contributed by atoms with van der Waals surface area (Å²) in [6.45, 7) is -0.778. The summed E-state index contributed by atoms with van der Waals surface area (Å²) in [7, 11) is 0. The molecule has 0 radical (unpaired) electrons. The van der Waals surface area contributed by atoms with Gasteiger partial charge in [0.2, 0.25) is 0 Å². The van der Waals surface area contributed by atoms with Crippen molar-refractivity contribution in [1.29, 1.82) is 0 Å². The second-order valence-electron chi connectivity index (χ2n) is 5.43. The van der Waals surface area contributed by atoms with Gasteiger partial charge in [-0.1, -0.05) is 0 Å². The molecule has 0 amide bonds. The lowest BCUT2D eigenvalue weighted by Crippen LogP contribution is -2.09. The van der Waals surface area contributed by atoms with Crippen LogP contribution in [-0.4, -0.2) is 134 Å². The normalized spacial score (nSPS) is 8.50. The van der Waals surface area contributed by atoms with Crippen LogP contribution in [0.4, 0.5) is 0 Å². The fourth-order valence-corrected chi connectivity index (χ4v) is 0.628. The number of aliphatic carboxylic acids is 11. The van der Waals surface area contributed by atoms with Crippen LogP contribution in [0, 0.1) is 0 Å². The van der Waals surface area contributed by atoms with E-state index in [2.05, 4.69) is 0 Å². The van der Waals surface area contributed by atoms with Gasteiger partial charge in [0.05, 0.1) is 12.8 Å². The van der Waals surface area contributed by atoms with Crippen molar-refractivity contribution in [2.24, 2.45) is 0 Å². The first kappa shape index (κ1) is 48.7. The van der Waals surface area contributed by atoms with E-state index >= 15 is 0 Å². The molecule has 0 rings (SSSR count). The fourth-order valence-electron chi connectivity index (χ4n) is 0.628. The second-order valence-corrected chi connectivity index (χ2v) is 5.43. The second kappa shape index (κ2) is 32.6. The van der Waals surface area contributed by atoms with Crippen LogP contribution in [0.1, 0.15) is 19.3 Å². The molecule has 23 heteroatoms. The van der Waals surface area contributed by atoms with E-state index in [1.807, 2.05) is 0 Å². The van der Waals surface area contributed by atoms with Crippen molar-refractivity contribution in [1.82, 2.24) is 0 Å². The number of carboxylic acids is 11. The van der Waals surface area contributed by atoms with Gasteiger partial charge in [-0.25, -0.2) is 33.6 Å². The molecular formula is C19H24O23. The third-order valence-electron chi connectivity index (χ3n) is 1.91. The van der Waals surface area contributed by atoms with Crippen LogP contribution in [0.25, 0.3) is 0 Å². The lowest BCUT2D eigenvalue weighted by Gasteiger charge is -1.85. The highest BCUT2D eigenvalue weighted by molar-refractivity contribution is 6.27. The van der Waals surface area contributed by atoms with Gasteiger partial charge >= 0.3 is 65.7 Å². The Morgan fingerprint density at radius 3 is 0.595 bits per heavy atom. The van der Waals surface area contributed by atoms with Crippen LogP contribution in [0.2, 0.25) is 0 Å². The van der Waals surface area contributed by atoms with Gasteiger partial charge in [0.1, 0.15) is 13.0 Å². The maximum absolute atomic E-state index is 9.64. The minimum atomic E-state index is -1.82. The number of carboxylic acid groups (broad SMARTS) is 11. The molecule has 0 unspecified atom stereocenters. The van der Waals surface area contributed by atoms with Crippen LogP contribution in [0.5, 0.6) is 0 Å². The third-order valence-corrected chi connectivity index (χ3v) is 1.91. The molecule has 0 aromatic carbocycles. The summed E-state index contributed by atoms with van der Waals surface area (Å²) >= 11 is 0. The topological polar surface area (TPSA) is 431 Å². The highest BCUT2D eigenvalue weighted by Gasteiger charge is 2.04. The molecule has 42 heavy (non-hydrogen) atoms. The fraction of sp³-hybridized carbons (Fsp3) is 0.211. The molecule has 0 atom stereocenters. The van der Waals surface area contributed by atoms with Crippen molar-refractivity contribution in [2.75, 3.05) is 6.61 Å². The molecule has 0 bridgehead atoms. The molecule has 0 aromatic rings. The van der Waals surface area contributed by atoms with Gasteiger partial charge in [-0.3, -0.25) is 19.2 Å². The Balaban J connectivity index is -0.0000000932. The van der Waals surface area contributed by atoms with Gasteiger partial charge in [-0.05, 0) is 0 Å². The van der Waals surface area contributed by atoms with E-state index in [1.165, 1.54) is 0 Å². The Hall–Kier alpha value is -6.39. The summed E-state index contributed by atoms with van der Waals surface area (Å²) in [5.74, 6) is -14.6. The number of hydrogen-bond donors (Lipinski definition) is 12. The Kier molecular flexibility index (Phi) is 37.8. The number of rotatable bonds is 10. The highest BCUT2D eigenvalue weighted by Crippen LogP contribution is 1.86. The zero-order chi connectivity index (χ0) is 35.0. The summed E-state index contributed by atoms with van der Waals surface area (Å²) in [6, 6.07) is 0. The Morgan fingerprint density at radius 1 is 0.357 bits per heavy atom. The van der Waals surface area contributed by atoms with Crippen molar-refractivity contribution in [3.05, 3.63) is 24.3 Å². The Morgan fingerprint density at radius 2 is 0.548 bits per heavy atom. The van der Waals surface area contributed by atoms with Crippen molar-refractivity contribution in [3.8, 4) is 0 Å². The average Bonchev–Trinajstić information content (AvgIpc) is 2.81. The lowest BCUT2D eigenvalue weighted by molar-refractivity contribution is -0.159. The molecule has 0 heterocycles. The highest BCUT2D eigenvalue weighted by atomic mass is 16.4. The van der Waals surface area contributed by atoms with Gasteiger partial charge in [-0.15, -0.1) is 0 Å². The van der Waals surface area contributed by atoms with Crippen LogP contribution >= 0.6 is 0 Å². The first-order valence-corrected chi connectivity index (χ1v) is 9.36. The van der Waals surface area contributed by atoms with E-state index in [0.717, 1.165) is 0 Å². The molecule has 0 fully saturated rings. The number of aliphatic hydroxyl groups is 1. The average molecular weight is 620 g/mol. The van der Waals surface area contributed by atoms with E-state index in [9.17, 15) is 38.4 Å². The molecule has 0 aromatic heterocycles. The maximum Gasteiger partial charge on any atom is 0.414 e. The minimum absolute atomic E-state index is 0.296. The maximum atomic E-state index is 9.64. The smallest absolute Gasteiger partial charge is 0.414 e. The predicted molar refractivity (Wildman–Crippen MR) is 123 cm³/mol. The summed E-state index contributed by atoms with van der Waals surface area (Å²) in [5.41, 5.74) is 0. The van der Waals surface area contributed by atoms with Gasteiger partial charge < -0.3 is 61.3 Å². The number of hydrogen-bond acceptors (Lipinski definition) is 12. The van der Waals surface area contributed by atoms with Gasteiger partial charge in [0.25, 0.3) is 0 Å². The monoisotopic (exact) mass is 620 g/mol. The van der Waals surface area contributed by atoms with E-state index < -0.39 is 78.7 Å². The summed E-state index contributed by atoms with van der Waals surface area (Å²) < 4.78 is 0. The molecule has 0 aliphatic carbocycles. The van der Waals surface area contributed by atoms with Crippen molar-refractivity contribution < 1.29 is 114 Å². The quantitative estimate of drug-likeness (QED) is 0.0662. The Labute approximate surface area is 230 Å². The minimum Gasteiger partial charge on any atom is -0.481 e. The lowest BCUT2D eigenvalue weighted by atomic mass is 10.3. The van der Waals surface area contributed by atoms with Gasteiger partial charge in [0.15, 0.2) is 0 Å². The molecule has 0 saturated heterocycles. The zero-order valence-electron chi connectivity index (χ0n) is 20.5. The third kappa shape index (κ3) is 103. The van der Waals surface area contributed by atoms with E-state index in [-0.39, 0.29) is 12.8 Å². The van der Waals surface area contributed by atoms with Crippen LogP contribution < -0.4 is 0 Å². The van der Waals surface area contributed by atoms with E-state index in [1.54, 1.807) is 0 Å². The van der Waals surface area contributed by atoms with Crippen molar-refractivity contribution in [3.63, 3.8) is 0 Å². The first-order chi connectivity index (χ1) is 18.9. The molecular weight excluding hydrogens is 596 g/mol. The molecule has 0 saturated carbocycles. The van der Waals surface area contributed by atoms with Gasteiger partial charge in [0, 0.05) is 24.3 Å². The van der Waals surface area contributed by atoms with E-state index in [0.29, 0.717) is 24.3 Å². The SMILES string of the molecule is O=C(O)/C=C/C(=O)O.O=C(O)/C=C\C(=O)O.O=C(O)C(=O)O.O=C(O)CC(=O)O.O=C(O)CCC(=O)O.O=C(O)CO. The van der Waals surface area contributed by atoms with Crippen LogP contribution in [-0.2, 0) is 52.7 Å². The van der Waals surface area contributed by atoms with Crippen LogP contribution in [0.3, 0.4) is 0 Å². The summed E-state index contributed by atoms with van der Waals surface area (Å²) in [6.07, 6.45) is 0.833.